The number of rotatable bonds is 9. The molecule has 2 aromatic rings. The van der Waals surface area contributed by atoms with E-state index in [9.17, 15) is 14.4 Å². The number of ether oxygens (including phenoxy) is 1. The minimum absolute atomic E-state index is 0.0293. The van der Waals surface area contributed by atoms with E-state index in [0.717, 1.165) is 4.90 Å². The van der Waals surface area contributed by atoms with Crippen LogP contribution in [-0.4, -0.2) is 43.6 Å². The average Bonchev–Trinajstić information content (AvgIpc) is 2.67. The van der Waals surface area contributed by atoms with Crippen molar-refractivity contribution in [3.63, 3.8) is 0 Å². The van der Waals surface area contributed by atoms with Crippen LogP contribution in [0.4, 0.5) is 5.69 Å². The molecule has 2 aromatic carbocycles. The fourth-order valence-electron chi connectivity index (χ4n) is 2.25. The molecule has 0 atom stereocenters. The van der Waals surface area contributed by atoms with Gasteiger partial charge in [-0.25, -0.2) is 0 Å². The smallest absolute Gasteiger partial charge is 0.256 e. The van der Waals surface area contributed by atoms with Crippen LogP contribution in [0.5, 0.6) is 0 Å². The fraction of sp³-hybridized carbons (Fsp3) is 0.250. The molecule has 2 rings (SSSR count). The second-order valence-electron chi connectivity index (χ2n) is 5.72. The van der Waals surface area contributed by atoms with Crippen molar-refractivity contribution in [2.24, 2.45) is 0 Å². The zero-order valence-electron chi connectivity index (χ0n) is 15.3. The Morgan fingerprint density at radius 1 is 1.04 bits per heavy atom. The maximum atomic E-state index is 12.6. The lowest BCUT2D eigenvalue weighted by molar-refractivity contribution is -0.118. The number of anilines is 1. The largest absolute Gasteiger partial charge is 0.383 e. The van der Waals surface area contributed by atoms with Crippen LogP contribution in [-0.2, 0) is 9.53 Å². The molecular weight excluding hydrogens is 364 g/mol. The maximum absolute atomic E-state index is 12.6. The highest BCUT2D eigenvalue weighted by molar-refractivity contribution is 8.00. The van der Waals surface area contributed by atoms with Crippen molar-refractivity contribution in [1.29, 1.82) is 0 Å². The first-order valence-electron chi connectivity index (χ1n) is 8.41. The van der Waals surface area contributed by atoms with Gasteiger partial charge in [-0.3, -0.25) is 14.4 Å². The van der Waals surface area contributed by atoms with E-state index in [1.807, 2.05) is 6.07 Å². The van der Waals surface area contributed by atoms with Gasteiger partial charge in [-0.15, -0.1) is 11.8 Å². The molecule has 0 aliphatic heterocycles. The van der Waals surface area contributed by atoms with Crippen LogP contribution < -0.4 is 10.6 Å². The fourth-order valence-corrected chi connectivity index (χ4v) is 3.13. The molecule has 0 spiro atoms. The molecule has 0 unspecified atom stereocenters. The first-order valence-corrected chi connectivity index (χ1v) is 9.39. The lowest BCUT2D eigenvalue weighted by Crippen LogP contribution is -2.28. The Morgan fingerprint density at radius 3 is 2.41 bits per heavy atom. The molecule has 0 saturated heterocycles. The molecular formula is C20H22N2O4S. The Balaban J connectivity index is 2.00. The van der Waals surface area contributed by atoms with Crippen molar-refractivity contribution < 1.29 is 19.1 Å². The van der Waals surface area contributed by atoms with Gasteiger partial charge in [-0.1, -0.05) is 12.1 Å². The number of carbonyl (C=O) groups is 3. The molecule has 142 valence electrons. The number of thioether (sulfide) groups is 1. The lowest BCUT2D eigenvalue weighted by atomic mass is 10.1. The van der Waals surface area contributed by atoms with Crippen molar-refractivity contribution in [2.75, 3.05) is 31.3 Å². The van der Waals surface area contributed by atoms with Crippen molar-refractivity contribution >= 4 is 35.0 Å². The number of ketones is 1. The summed E-state index contributed by atoms with van der Waals surface area (Å²) >= 11 is 1.30. The van der Waals surface area contributed by atoms with Crippen molar-refractivity contribution in [3.8, 4) is 0 Å². The molecule has 0 aliphatic carbocycles. The highest BCUT2D eigenvalue weighted by Gasteiger charge is 2.13. The zero-order valence-corrected chi connectivity index (χ0v) is 16.1. The van der Waals surface area contributed by atoms with Crippen molar-refractivity contribution in [3.05, 3.63) is 59.7 Å². The van der Waals surface area contributed by atoms with Crippen LogP contribution in [0.3, 0.4) is 0 Å². The van der Waals surface area contributed by atoms with E-state index < -0.39 is 0 Å². The molecule has 2 N–H and O–H groups in total. The van der Waals surface area contributed by atoms with Gasteiger partial charge in [-0.05, 0) is 43.3 Å². The molecule has 0 heterocycles. The van der Waals surface area contributed by atoms with Gasteiger partial charge in [-0.2, -0.15) is 0 Å². The number of methoxy groups -OCH3 is 1. The van der Waals surface area contributed by atoms with Gasteiger partial charge in [0.1, 0.15) is 0 Å². The van der Waals surface area contributed by atoms with Crippen molar-refractivity contribution in [1.82, 2.24) is 5.32 Å². The van der Waals surface area contributed by atoms with Gasteiger partial charge in [0.15, 0.2) is 5.78 Å². The number of Topliss-reactive ketones (excluding diaryl/α,β-unsaturated/α-hetero) is 1. The molecule has 0 fully saturated rings. The molecule has 0 saturated carbocycles. The number of nitrogens with one attached hydrogen (secondary N) is 2. The minimum Gasteiger partial charge on any atom is -0.383 e. The molecule has 0 aliphatic rings. The first-order chi connectivity index (χ1) is 13.0. The van der Waals surface area contributed by atoms with Gasteiger partial charge in [0.05, 0.1) is 17.9 Å². The highest BCUT2D eigenvalue weighted by atomic mass is 32.2. The van der Waals surface area contributed by atoms with E-state index in [2.05, 4.69) is 10.6 Å². The Morgan fingerprint density at radius 2 is 1.74 bits per heavy atom. The average molecular weight is 386 g/mol. The first kappa shape index (κ1) is 20.7. The predicted octanol–water partition coefficient (Wildman–Crippen LogP) is 3.00. The number of hydrogen-bond acceptors (Lipinski definition) is 5. The Bertz CT molecular complexity index is 806. The van der Waals surface area contributed by atoms with E-state index in [0.29, 0.717) is 30.0 Å². The summed E-state index contributed by atoms with van der Waals surface area (Å²) in [7, 11) is 1.57. The number of benzene rings is 2. The van der Waals surface area contributed by atoms with E-state index in [-0.39, 0.29) is 23.4 Å². The molecule has 6 nitrogen and oxygen atoms in total. The maximum Gasteiger partial charge on any atom is 0.256 e. The third-order valence-corrected chi connectivity index (χ3v) is 4.74. The summed E-state index contributed by atoms with van der Waals surface area (Å²) < 4.78 is 4.89. The topological polar surface area (TPSA) is 84.5 Å². The Hall–Kier alpha value is -2.64. The molecule has 0 aromatic heterocycles. The van der Waals surface area contributed by atoms with Gasteiger partial charge >= 0.3 is 0 Å². The Labute approximate surface area is 162 Å². The number of amides is 2. The van der Waals surface area contributed by atoms with Crippen LogP contribution in [0, 0.1) is 0 Å². The second-order valence-corrected chi connectivity index (χ2v) is 6.73. The summed E-state index contributed by atoms with van der Waals surface area (Å²) in [5.74, 6) is -0.208. The zero-order chi connectivity index (χ0) is 19.6. The van der Waals surface area contributed by atoms with Crippen LogP contribution >= 0.6 is 11.8 Å². The third-order valence-electron chi connectivity index (χ3n) is 3.67. The summed E-state index contributed by atoms with van der Waals surface area (Å²) in [5, 5.41) is 5.56. The monoisotopic (exact) mass is 386 g/mol. The van der Waals surface area contributed by atoms with Crippen LogP contribution in [0.1, 0.15) is 27.6 Å². The summed E-state index contributed by atoms with van der Waals surface area (Å²) in [4.78, 5) is 36.5. The third kappa shape index (κ3) is 6.54. The minimum atomic E-state index is -0.270. The van der Waals surface area contributed by atoms with Crippen molar-refractivity contribution in [2.45, 2.75) is 11.8 Å². The number of hydrogen-bond donors (Lipinski definition) is 2. The summed E-state index contributed by atoms with van der Waals surface area (Å²) in [6.45, 7) is 2.40. The van der Waals surface area contributed by atoms with Gasteiger partial charge < -0.3 is 15.4 Å². The number of carbonyl (C=O) groups excluding carboxylic acids is 3. The molecule has 0 bridgehead atoms. The van der Waals surface area contributed by atoms with Crippen LogP contribution in [0.25, 0.3) is 0 Å². The van der Waals surface area contributed by atoms with E-state index in [4.69, 9.17) is 4.74 Å². The van der Waals surface area contributed by atoms with Gasteiger partial charge in [0.2, 0.25) is 5.91 Å². The Kier molecular flexibility index (Phi) is 8.03. The molecule has 2 amide bonds. The molecule has 7 heteroatoms. The lowest BCUT2D eigenvalue weighted by Gasteiger charge is -2.10. The normalized spacial score (nSPS) is 10.3. The van der Waals surface area contributed by atoms with Crippen LogP contribution in [0.2, 0.25) is 0 Å². The highest BCUT2D eigenvalue weighted by Crippen LogP contribution is 2.23. The van der Waals surface area contributed by atoms with Gasteiger partial charge in [0.25, 0.3) is 5.91 Å². The summed E-state index contributed by atoms with van der Waals surface area (Å²) in [5.41, 5.74) is 1.67. The summed E-state index contributed by atoms with van der Waals surface area (Å²) in [6, 6.07) is 13.8. The molecule has 27 heavy (non-hydrogen) atoms. The second kappa shape index (κ2) is 10.5. The standard InChI is InChI=1S/C20H22N2O4S/c1-14(23)15-7-9-16(10-8-15)22-20(25)17-5-3-4-6-18(17)27-13-19(24)21-11-12-26-2/h3-10H,11-13H2,1-2H3,(H,21,24)(H,22,25). The van der Waals surface area contributed by atoms with Gasteiger partial charge in [0, 0.05) is 29.8 Å². The quantitative estimate of drug-likeness (QED) is 0.393. The SMILES string of the molecule is COCCNC(=O)CSc1ccccc1C(=O)Nc1ccc(C(C)=O)cc1. The van der Waals surface area contributed by atoms with Crippen LogP contribution in [0.15, 0.2) is 53.4 Å². The van der Waals surface area contributed by atoms with E-state index in [1.165, 1.54) is 18.7 Å². The predicted molar refractivity (Wildman–Crippen MR) is 106 cm³/mol. The summed E-state index contributed by atoms with van der Waals surface area (Å²) in [6.07, 6.45) is 0. The van der Waals surface area contributed by atoms with E-state index >= 15 is 0 Å². The molecule has 0 radical (unpaired) electrons. The van der Waals surface area contributed by atoms with E-state index in [1.54, 1.807) is 49.6 Å².